The number of allylic oxidation sites excluding steroid dienone is 8. The molecule has 0 bridgehead atoms. The Bertz CT molecular complexity index is 964. The highest BCUT2D eigenvalue weighted by Gasteiger charge is 2.19. The van der Waals surface area contributed by atoms with Crippen LogP contribution in [0, 0.1) is 0 Å². The van der Waals surface area contributed by atoms with Crippen LogP contribution in [0.5, 0.6) is 0 Å². The molecule has 54 heavy (non-hydrogen) atoms. The molecule has 0 aliphatic carbocycles. The van der Waals surface area contributed by atoms with Crippen molar-refractivity contribution in [3.05, 3.63) is 48.6 Å². The zero-order chi connectivity index (χ0) is 39.4. The molecular formula is C48H84O6. The maximum absolute atomic E-state index is 12.7. The van der Waals surface area contributed by atoms with Gasteiger partial charge in [0.15, 0.2) is 6.10 Å². The zero-order valence-electron chi connectivity index (χ0n) is 35.5. The van der Waals surface area contributed by atoms with Crippen molar-refractivity contribution in [1.29, 1.82) is 0 Å². The van der Waals surface area contributed by atoms with E-state index in [9.17, 15) is 14.4 Å². The molecule has 6 nitrogen and oxygen atoms in total. The molecule has 0 aromatic carbocycles. The number of unbranched alkanes of at least 4 members (excludes halogenated alkanes) is 24. The fourth-order valence-electron chi connectivity index (χ4n) is 6.28. The second kappa shape index (κ2) is 43.1. The van der Waals surface area contributed by atoms with Gasteiger partial charge in [0.05, 0.1) is 0 Å². The third-order valence-electron chi connectivity index (χ3n) is 9.69. The first-order valence-corrected chi connectivity index (χ1v) is 22.7. The SMILES string of the molecule is CC\C=C/C=C\C=C/C=C\CCCCCCCC(=O)OCC(COC(=O)CCCCCCCCCCCC)OC(=O)CCCCCCCCCCCCC. The van der Waals surface area contributed by atoms with E-state index in [1.54, 1.807) is 0 Å². The molecule has 0 saturated carbocycles. The van der Waals surface area contributed by atoms with Crippen molar-refractivity contribution in [2.75, 3.05) is 13.2 Å². The zero-order valence-corrected chi connectivity index (χ0v) is 35.5. The maximum atomic E-state index is 12.7. The van der Waals surface area contributed by atoms with Gasteiger partial charge in [-0.25, -0.2) is 0 Å². The van der Waals surface area contributed by atoms with E-state index in [1.807, 2.05) is 18.2 Å². The summed E-state index contributed by atoms with van der Waals surface area (Å²) in [5.41, 5.74) is 0. The van der Waals surface area contributed by atoms with Crippen LogP contribution in [0.2, 0.25) is 0 Å². The van der Waals surface area contributed by atoms with Crippen LogP contribution >= 0.6 is 0 Å². The molecule has 1 unspecified atom stereocenters. The van der Waals surface area contributed by atoms with Crippen LogP contribution in [0.25, 0.3) is 0 Å². The normalized spacial score (nSPS) is 12.4. The first-order valence-electron chi connectivity index (χ1n) is 22.7. The molecule has 0 radical (unpaired) electrons. The monoisotopic (exact) mass is 757 g/mol. The Morgan fingerprint density at radius 3 is 1.13 bits per heavy atom. The van der Waals surface area contributed by atoms with Crippen molar-refractivity contribution in [1.82, 2.24) is 0 Å². The van der Waals surface area contributed by atoms with Crippen molar-refractivity contribution < 1.29 is 28.6 Å². The second-order valence-electron chi connectivity index (χ2n) is 15.0. The van der Waals surface area contributed by atoms with E-state index in [1.165, 1.54) is 96.3 Å². The number of carbonyl (C=O) groups excluding carboxylic acids is 3. The third-order valence-corrected chi connectivity index (χ3v) is 9.69. The van der Waals surface area contributed by atoms with Crippen LogP contribution in [-0.2, 0) is 28.6 Å². The predicted molar refractivity (Wildman–Crippen MR) is 229 cm³/mol. The van der Waals surface area contributed by atoms with Gasteiger partial charge in [-0.15, -0.1) is 0 Å². The molecule has 0 rings (SSSR count). The van der Waals surface area contributed by atoms with Crippen LogP contribution < -0.4 is 0 Å². The fraction of sp³-hybridized carbons (Fsp3) is 0.771. The standard InChI is InChI=1S/C48H84O6/c1-4-7-10-13-16-19-22-23-24-25-27-29-32-35-38-41-47(50)53-44-45(43-52-46(49)40-37-34-31-28-21-18-15-12-9-6-3)54-48(51)42-39-36-33-30-26-20-17-14-11-8-5-2/h7,10,13,16,19,22-24,45H,4-6,8-9,11-12,14-15,17-18,20-21,25-44H2,1-3H3/b10-7-,16-13-,22-19-,24-23-. The average Bonchev–Trinajstić information content (AvgIpc) is 3.17. The number of carbonyl (C=O) groups is 3. The van der Waals surface area contributed by atoms with Gasteiger partial charge in [0.25, 0.3) is 0 Å². The van der Waals surface area contributed by atoms with Gasteiger partial charge < -0.3 is 14.2 Å². The van der Waals surface area contributed by atoms with E-state index in [4.69, 9.17) is 14.2 Å². The molecule has 0 aliphatic heterocycles. The summed E-state index contributed by atoms with van der Waals surface area (Å²) in [6.45, 7) is 6.45. The Balaban J connectivity index is 4.39. The molecule has 0 aromatic rings. The highest BCUT2D eigenvalue weighted by molar-refractivity contribution is 5.71. The smallest absolute Gasteiger partial charge is 0.306 e. The predicted octanol–water partition coefficient (Wildman–Crippen LogP) is 14.4. The summed E-state index contributed by atoms with van der Waals surface area (Å²) in [6.07, 6.45) is 49.4. The first kappa shape index (κ1) is 51.4. The van der Waals surface area contributed by atoms with E-state index in [0.717, 1.165) is 83.5 Å². The lowest BCUT2D eigenvalue weighted by Gasteiger charge is -2.18. The molecular weight excluding hydrogens is 673 g/mol. The van der Waals surface area contributed by atoms with E-state index >= 15 is 0 Å². The van der Waals surface area contributed by atoms with Gasteiger partial charge in [-0.2, -0.15) is 0 Å². The maximum Gasteiger partial charge on any atom is 0.306 e. The van der Waals surface area contributed by atoms with Crippen LogP contribution in [0.1, 0.15) is 220 Å². The summed E-state index contributed by atoms with van der Waals surface area (Å²) in [5, 5.41) is 0. The van der Waals surface area contributed by atoms with Gasteiger partial charge in [-0.3, -0.25) is 14.4 Å². The highest BCUT2D eigenvalue weighted by Crippen LogP contribution is 2.14. The Morgan fingerprint density at radius 1 is 0.389 bits per heavy atom. The second-order valence-corrected chi connectivity index (χ2v) is 15.0. The molecule has 0 spiro atoms. The van der Waals surface area contributed by atoms with Gasteiger partial charge in [-0.05, 0) is 38.5 Å². The molecule has 312 valence electrons. The Hall–Kier alpha value is -2.63. The lowest BCUT2D eigenvalue weighted by Crippen LogP contribution is -2.30. The summed E-state index contributed by atoms with van der Waals surface area (Å²) < 4.78 is 16.7. The third kappa shape index (κ3) is 40.6. The number of hydrogen-bond donors (Lipinski definition) is 0. The van der Waals surface area contributed by atoms with E-state index in [-0.39, 0.29) is 31.1 Å². The molecule has 0 saturated heterocycles. The summed E-state index contributed by atoms with van der Waals surface area (Å²) in [7, 11) is 0. The number of hydrogen-bond acceptors (Lipinski definition) is 6. The van der Waals surface area contributed by atoms with Crippen LogP contribution in [0.3, 0.4) is 0 Å². The van der Waals surface area contributed by atoms with Gasteiger partial charge >= 0.3 is 17.9 Å². The minimum absolute atomic E-state index is 0.0783. The van der Waals surface area contributed by atoms with E-state index in [0.29, 0.717) is 19.3 Å². The molecule has 0 heterocycles. The lowest BCUT2D eigenvalue weighted by atomic mass is 10.1. The average molecular weight is 757 g/mol. The van der Waals surface area contributed by atoms with Gasteiger partial charge in [-0.1, -0.05) is 211 Å². The minimum atomic E-state index is -0.775. The first-order chi connectivity index (χ1) is 26.5. The molecule has 0 aromatic heterocycles. The van der Waals surface area contributed by atoms with Gasteiger partial charge in [0.2, 0.25) is 0 Å². The summed E-state index contributed by atoms with van der Waals surface area (Å²) in [5.74, 6) is -0.904. The van der Waals surface area contributed by atoms with Crippen molar-refractivity contribution in [2.24, 2.45) is 0 Å². The van der Waals surface area contributed by atoms with E-state index in [2.05, 4.69) is 51.2 Å². The van der Waals surface area contributed by atoms with Gasteiger partial charge in [0.1, 0.15) is 13.2 Å². The number of ether oxygens (including phenoxy) is 3. The molecule has 6 heteroatoms. The molecule has 0 aliphatic rings. The summed E-state index contributed by atoms with van der Waals surface area (Å²) in [6, 6.07) is 0. The van der Waals surface area contributed by atoms with Crippen molar-refractivity contribution in [2.45, 2.75) is 226 Å². The van der Waals surface area contributed by atoms with Crippen LogP contribution in [-0.4, -0.2) is 37.2 Å². The Labute approximate surface area is 333 Å². The quantitative estimate of drug-likeness (QED) is 0.0268. The topological polar surface area (TPSA) is 78.9 Å². The molecule has 0 N–H and O–H groups in total. The largest absolute Gasteiger partial charge is 0.462 e. The number of esters is 3. The highest BCUT2D eigenvalue weighted by atomic mass is 16.6. The summed E-state index contributed by atoms with van der Waals surface area (Å²) in [4.78, 5) is 37.7. The fourth-order valence-corrected chi connectivity index (χ4v) is 6.28. The van der Waals surface area contributed by atoms with Crippen molar-refractivity contribution in [3.8, 4) is 0 Å². The lowest BCUT2D eigenvalue weighted by molar-refractivity contribution is -0.167. The minimum Gasteiger partial charge on any atom is -0.462 e. The molecule has 0 amide bonds. The van der Waals surface area contributed by atoms with Crippen molar-refractivity contribution >= 4 is 17.9 Å². The molecule has 1 atom stereocenters. The number of rotatable bonds is 40. The Kier molecular flexibility index (Phi) is 41.0. The van der Waals surface area contributed by atoms with Crippen molar-refractivity contribution in [3.63, 3.8) is 0 Å². The van der Waals surface area contributed by atoms with Crippen LogP contribution in [0.15, 0.2) is 48.6 Å². The van der Waals surface area contributed by atoms with Gasteiger partial charge in [0, 0.05) is 19.3 Å². The van der Waals surface area contributed by atoms with Crippen LogP contribution in [0.4, 0.5) is 0 Å². The summed E-state index contributed by atoms with van der Waals surface area (Å²) >= 11 is 0. The van der Waals surface area contributed by atoms with E-state index < -0.39 is 6.10 Å². The molecule has 0 fully saturated rings. The Morgan fingerprint density at radius 2 is 0.722 bits per heavy atom.